The number of anilines is 1. The second kappa shape index (κ2) is 3.74. The first-order chi connectivity index (χ1) is 6.02. The van der Waals surface area contributed by atoms with Crippen LogP contribution in [0.15, 0.2) is 22.7 Å². The molecule has 13 heavy (non-hydrogen) atoms. The van der Waals surface area contributed by atoms with Crippen LogP contribution in [-0.4, -0.2) is 19.0 Å². The van der Waals surface area contributed by atoms with E-state index >= 15 is 0 Å². The smallest absolute Gasteiger partial charge is 0.270 e. The van der Waals surface area contributed by atoms with Gasteiger partial charge in [-0.3, -0.25) is 10.1 Å². The van der Waals surface area contributed by atoms with E-state index in [9.17, 15) is 10.1 Å². The van der Waals surface area contributed by atoms with Crippen molar-refractivity contribution in [1.82, 2.24) is 0 Å². The Morgan fingerprint density at radius 1 is 1.46 bits per heavy atom. The molecular formula is C8H9BrN2O2. The maximum atomic E-state index is 10.4. The van der Waals surface area contributed by atoms with Crippen LogP contribution in [0.4, 0.5) is 11.4 Å². The molecule has 0 N–H and O–H groups in total. The molecule has 0 aliphatic carbocycles. The number of non-ortho nitro benzene ring substituents is 1. The van der Waals surface area contributed by atoms with Crippen molar-refractivity contribution in [1.29, 1.82) is 0 Å². The lowest BCUT2D eigenvalue weighted by Gasteiger charge is -2.13. The van der Waals surface area contributed by atoms with Gasteiger partial charge in [0.2, 0.25) is 0 Å². The third-order valence-corrected chi connectivity index (χ3v) is 2.26. The standard InChI is InChI=1S/C8H9BrN2O2/c1-10(2)8-4-3-6(11(12)13)5-7(8)9/h3-5H,1-2H3. The summed E-state index contributed by atoms with van der Waals surface area (Å²) in [5.41, 5.74) is 1.02. The van der Waals surface area contributed by atoms with Crippen LogP contribution < -0.4 is 4.90 Å². The zero-order chi connectivity index (χ0) is 10.0. The van der Waals surface area contributed by atoms with Gasteiger partial charge in [-0.25, -0.2) is 0 Å². The zero-order valence-corrected chi connectivity index (χ0v) is 8.91. The van der Waals surface area contributed by atoms with Crippen molar-refractivity contribution in [2.45, 2.75) is 0 Å². The SMILES string of the molecule is CN(C)c1ccc([N+](=O)[O-])cc1Br. The summed E-state index contributed by atoms with van der Waals surface area (Å²) in [5, 5.41) is 10.4. The van der Waals surface area contributed by atoms with Gasteiger partial charge in [0, 0.05) is 30.7 Å². The maximum Gasteiger partial charge on any atom is 0.270 e. The number of hydrogen-bond donors (Lipinski definition) is 0. The van der Waals surface area contributed by atoms with E-state index in [-0.39, 0.29) is 5.69 Å². The summed E-state index contributed by atoms with van der Waals surface area (Å²) in [5.74, 6) is 0. The van der Waals surface area contributed by atoms with Gasteiger partial charge in [-0.05, 0) is 22.0 Å². The zero-order valence-electron chi connectivity index (χ0n) is 7.32. The molecule has 0 fully saturated rings. The van der Waals surface area contributed by atoms with E-state index in [1.807, 2.05) is 19.0 Å². The molecule has 0 aromatic heterocycles. The van der Waals surface area contributed by atoms with Gasteiger partial charge >= 0.3 is 0 Å². The predicted molar refractivity (Wildman–Crippen MR) is 55.1 cm³/mol. The largest absolute Gasteiger partial charge is 0.377 e. The van der Waals surface area contributed by atoms with E-state index in [4.69, 9.17) is 0 Å². The highest BCUT2D eigenvalue weighted by atomic mass is 79.9. The van der Waals surface area contributed by atoms with Gasteiger partial charge in [-0.1, -0.05) is 0 Å². The number of halogens is 1. The van der Waals surface area contributed by atoms with Crippen LogP contribution in [0.2, 0.25) is 0 Å². The molecule has 0 amide bonds. The first kappa shape index (κ1) is 9.98. The molecule has 0 spiro atoms. The Balaban J connectivity index is 3.13. The Labute approximate surface area is 84.4 Å². The molecule has 1 aromatic carbocycles. The topological polar surface area (TPSA) is 46.4 Å². The average molecular weight is 245 g/mol. The number of nitro benzene ring substituents is 1. The Hall–Kier alpha value is -1.10. The first-order valence-corrected chi connectivity index (χ1v) is 4.43. The minimum absolute atomic E-state index is 0.0949. The van der Waals surface area contributed by atoms with Crippen molar-refractivity contribution in [3.8, 4) is 0 Å². The Bertz CT molecular complexity index is 339. The molecule has 0 saturated carbocycles. The summed E-state index contributed by atoms with van der Waals surface area (Å²) < 4.78 is 0.728. The van der Waals surface area contributed by atoms with E-state index < -0.39 is 4.92 Å². The first-order valence-electron chi connectivity index (χ1n) is 3.63. The van der Waals surface area contributed by atoms with Crippen molar-refractivity contribution < 1.29 is 4.92 Å². The quantitative estimate of drug-likeness (QED) is 0.593. The molecule has 0 bridgehead atoms. The van der Waals surface area contributed by atoms with Gasteiger partial charge in [-0.15, -0.1) is 0 Å². The summed E-state index contributed by atoms with van der Waals surface area (Å²) in [6.45, 7) is 0. The van der Waals surface area contributed by atoms with Crippen LogP contribution in [0.1, 0.15) is 0 Å². The number of hydrogen-bond acceptors (Lipinski definition) is 3. The summed E-state index contributed by atoms with van der Waals surface area (Å²) in [4.78, 5) is 11.9. The molecule has 70 valence electrons. The molecule has 0 atom stereocenters. The van der Waals surface area contributed by atoms with Crippen molar-refractivity contribution >= 4 is 27.3 Å². The van der Waals surface area contributed by atoms with Gasteiger partial charge in [0.1, 0.15) is 0 Å². The molecule has 0 unspecified atom stereocenters. The molecule has 1 rings (SSSR count). The molecule has 0 aliphatic rings. The number of nitrogens with zero attached hydrogens (tertiary/aromatic N) is 2. The van der Waals surface area contributed by atoms with Crippen molar-refractivity contribution in [3.05, 3.63) is 32.8 Å². The maximum absolute atomic E-state index is 10.4. The van der Waals surface area contributed by atoms with E-state index in [1.54, 1.807) is 6.07 Å². The molecule has 1 aromatic rings. The van der Waals surface area contributed by atoms with Gasteiger partial charge in [0.25, 0.3) is 5.69 Å². The second-order valence-electron chi connectivity index (χ2n) is 2.79. The normalized spacial score (nSPS) is 9.77. The van der Waals surface area contributed by atoms with Crippen LogP contribution in [0.5, 0.6) is 0 Å². The summed E-state index contributed by atoms with van der Waals surface area (Å²) in [6.07, 6.45) is 0. The minimum Gasteiger partial charge on any atom is -0.377 e. The highest BCUT2D eigenvalue weighted by Gasteiger charge is 2.09. The van der Waals surface area contributed by atoms with E-state index in [1.165, 1.54) is 12.1 Å². The predicted octanol–water partition coefficient (Wildman–Crippen LogP) is 2.42. The van der Waals surface area contributed by atoms with Crippen molar-refractivity contribution in [2.24, 2.45) is 0 Å². The fourth-order valence-corrected chi connectivity index (χ4v) is 1.69. The molecule has 0 radical (unpaired) electrons. The summed E-state index contributed by atoms with van der Waals surface area (Å²) in [7, 11) is 3.76. The lowest BCUT2D eigenvalue weighted by Crippen LogP contribution is -2.09. The van der Waals surface area contributed by atoms with Crippen LogP contribution >= 0.6 is 15.9 Å². The summed E-state index contributed by atoms with van der Waals surface area (Å²) in [6, 6.07) is 4.69. The minimum atomic E-state index is -0.412. The highest BCUT2D eigenvalue weighted by molar-refractivity contribution is 9.10. The van der Waals surface area contributed by atoms with Gasteiger partial charge < -0.3 is 4.90 Å². The Morgan fingerprint density at radius 2 is 2.08 bits per heavy atom. The molecule has 5 heteroatoms. The van der Waals surface area contributed by atoms with E-state index in [0.29, 0.717) is 0 Å². The Morgan fingerprint density at radius 3 is 2.46 bits per heavy atom. The number of rotatable bonds is 2. The lowest BCUT2D eigenvalue weighted by molar-refractivity contribution is -0.384. The number of nitro groups is 1. The third kappa shape index (κ3) is 2.18. The van der Waals surface area contributed by atoms with Crippen molar-refractivity contribution in [2.75, 3.05) is 19.0 Å². The van der Waals surface area contributed by atoms with Gasteiger partial charge in [0.05, 0.1) is 10.6 Å². The molecule has 4 nitrogen and oxygen atoms in total. The van der Waals surface area contributed by atoms with E-state index in [0.717, 1.165) is 10.2 Å². The van der Waals surface area contributed by atoms with E-state index in [2.05, 4.69) is 15.9 Å². The fraction of sp³-hybridized carbons (Fsp3) is 0.250. The van der Waals surface area contributed by atoms with Crippen LogP contribution in [-0.2, 0) is 0 Å². The van der Waals surface area contributed by atoms with Crippen molar-refractivity contribution in [3.63, 3.8) is 0 Å². The molecule has 0 saturated heterocycles. The molecular weight excluding hydrogens is 236 g/mol. The fourth-order valence-electron chi connectivity index (χ4n) is 0.972. The van der Waals surface area contributed by atoms with Crippen LogP contribution in [0, 0.1) is 10.1 Å². The molecule has 0 aliphatic heterocycles. The summed E-state index contributed by atoms with van der Waals surface area (Å²) >= 11 is 3.27. The Kier molecular flexibility index (Phi) is 2.87. The third-order valence-electron chi connectivity index (χ3n) is 1.62. The highest BCUT2D eigenvalue weighted by Crippen LogP contribution is 2.28. The monoisotopic (exact) mass is 244 g/mol. The van der Waals surface area contributed by atoms with Gasteiger partial charge in [0.15, 0.2) is 0 Å². The molecule has 0 heterocycles. The lowest BCUT2D eigenvalue weighted by atomic mass is 10.3. The number of benzene rings is 1. The van der Waals surface area contributed by atoms with Crippen LogP contribution in [0.3, 0.4) is 0 Å². The second-order valence-corrected chi connectivity index (χ2v) is 3.64. The van der Waals surface area contributed by atoms with Crippen LogP contribution in [0.25, 0.3) is 0 Å². The average Bonchev–Trinajstić information content (AvgIpc) is 2.03. The van der Waals surface area contributed by atoms with Gasteiger partial charge in [-0.2, -0.15) is 0 Å².